The minimum Gasteiger partial charge on any atom is -0.353 e. The van der Waals surface area contributed by atoms with Gasteiger partial charge >= 0.3 is 7.82 Å². The number of nitrogens with one attached hydrogen (secondary N) is 2. The third kappa shape index (κ3) is 12.7. The Hall–Kier alpha value is -2.51. The number of hydrogen-bond acceptors (Lipinski definition) is 5. The van der Waals surface area contributed by atoms with Crippen LogP contribution in [0.25, 0.3) is 0 Å². The number of carbonyl (C=O) groups is 2. The molecule has 0 radical (unpaired) electrons. The predicted octanol–water partition coefficient (Wildman–Crippen LogP) is 7.12. The first-order valence-electron chi connectivity index (χ1n) is 16.0. The molecular weight excluding hydrogens is 587 g/mol. The smallest absolute Gasteiger partial charge is 0.353 e. The summed E-state index contributed by atoms with van der Waals surface area (Å²) in [5, 5.41) is 5.89. The number of hydrogen-bond donors (Lipinski definition) is 3. The second-order valence-electron chi connectivity index (χ2n) is 15.3. The molecule has 1 unspecified atom stereocenters. The Kier molecular flexibility index (Phi) is 13.6. The molecule has 0 aliphatic heterocycles. The van der Waals surface area contributed by atoms with Gasteiger partial charge in [-0.1, -0.05) is 97.0 Å². The summed E-state index contributed by atoms with van der Waals surface area (Å²) in [6, 6.07) is 15.2. The Morgan fingerprint density at radius 2 is 1.16 bits per heavy atom. The van der Waals surface area contributed by atoms with Crippen LogP contribution < -0.4 is 10.6 Å². The van der Waals surface area contributed by atoms with E-state index < -0.39 is 24.7 Å². The van der Waals surface area contributed by atoms with Crippen molar-refractivity contribution in [2.45, 2.75) is 106 Å². The highest BCUT2D eigenvalue weighted by Crippen LogP contribution is 2.44. The Labute approximate surface area is 271 Å². The molecule has 45 heavy (non-hydrogen) atoms. The SMILES string of the molecule is CC(C)Cc1ccc(C(C)(C)C(=O)NC[C@H](COP(=O)(O)OCC(C)(C)C)NC(=O)C(C)(C)c2ccc(CC(C)C)cc2)cc1. The van der Waals surface area contributed by atoms with Crippen LogP contribution in [0.4, 0.5) is 0 Å². The standard InChI is InChI=1S/C36H57N2O6P/c1-25(2)20-27-12-16-29(17-13-27)35(8,9)32(39)37-22-31(23-43-45(41,42)44-24-34(5,6)7)38-33(40)36(10,11)30-18-14-28(15-19-30)21-26(3)4/h12-19,25-26,31H,20-24H2,1-11H3,(H,37,39)(H,38,40)(H,41,42)/t31-/m1/s1. The van der Waals surface area contributed by atoms with Crippen molar-refractivity contribution >= 4 is 19.6 Å². The zero-order chi connectivity index (χ0) is 34.2. The monoisotopic (exact) mass is 644 g/mol. The number of amides is 2. The van der Waals surface area contributed by atoms with E-state index >= 15 is 0 Å². The van der Waals surface area contributed by atoms with Gasteiger partial charge in [-0.3, -0.25) is 18.6 Å². The van der Waals surface area contributed by atoms with Crippen molar-refractivity contribution < 1.29 is 28.1 Å². The molecule has 0 fully saturated rings. The summed E-state index contributed by atoms with van der Waals surface area (Å²) in [6.45, 7) is 21.3. The molecule has 3 N–H and O–H groups in total. The molecule has 2 aromatic rings. The Morgan fingerprint density at radius 1 is 0.733 bits per heavy atom. The minimum atomic E-state index is -4.41. The molecule has 252 valence electrons. The van der Waals surface area contributed by atoms with Gasteiger partial charge in [0, 0.05) is 6.54 Å². The number of phosphoric acid groups is 1. The van der Waals surface area contributed by atoms with Crippen molar-refractivity contribution in [3.05, 3.63) is 70.8 Å². The second kappa shape index (κ2) is 15.9. The molecule has 0 saturated heterocycles. The fourth-order valence-electron chi connectivity index (χ4n) is 4.77. The first kappa shape index (κ1) is 38.7. The van der Waals surface area contributed by atoms with Gasteiger partial charge in [-0.25, -0.2) is 4.57 Å². The highest BCUT2D eigenvalue weighted by Gasteiger charge is 2.34. The van der Waals surface area contributed by atoms with Gasteiger partial charge in [0.15, 0.2) is 0 Å². The Balaban J connectivity index is 2.21. The van der Waals surface area contributed by atoms with Crippen molar-refractivity contribution in [1.29, 1.82) is 0 Å². The van der Waals surface area contributed by atoms with E-state index in [9.17, 15) is 19.0 Å². The van der Waals surface area contributed by atoms with Crippen LogP contribution in [-0.2, 0) is 46.9 Å². The van der Waals surface area contributed by atoms with Crippen LogP contribution >= 0.6 is 7.82 Å². The lowest BCUT2D eigenvalue weighted by molar-refractivity contribution is -0.128. The van der Waals surface area contributed by atoms with Gasteiger partial charge in [-0.2, -0.15) is 0 Å². The topological polar surface area (TPSA) is 114 Å². The van der Waals surface area contributed by atoms with Crippen molar-refractivity contribution in [3.8, 4) is 0 Å². The van der Waals surface area contributed by atoms with E-state index in [1.54, 1.807) is 0 Å². The molecule has 0 aliphatic carbocycles. The highest BCUT2D eigenvalue weighted by molar-refractivity contribution is 7.47. The van der Waals surface area contributed by atoms with Gasteiger partial charge < -0.3 is 15.5 Å². The van der Waals surface area contributed by atoms with Crippen molar-refractivity contribution in [1.82, 2.24) is 10.6 Å². The fraction of sp³-hybridized carbons (Fsp3) is 0.611. The van der Waals surface area contributed by atoms with Gasteiger partial charge in [-0.15, -0.1) is 0 Å². The minimum absolute atomic E-state index is 0.0118. The summed E-state index contributed by atoms with van der Waals surface area (Å²) < 4.78 is 23.2. The third-order valence-corrected chi connectivity index (χ3v) is 8.65. The molecule has 0 aliphatic rings. The largest absolute Gasteiger partial charge is 0.472 e. The van der Waals surface area contributed by atoms with E-state index in [1.807, 2.05) is 84.9 Å². The van der Waals surface area contributed by atoms with E-state index in [1.165, 1.54) is 11.1 Å². The average Bonchev–Trinajstić information content (AvgIpc) is 2.92. The van der Waals surface area contributed by atoms with E-state index in [4.69, 9.17) is 9.05 Å². The number of rotatable bonds is 16. The molecule has 0 saturated carbocycles. The van der Waals surface area contributed by atoms with Gasteiger partial charge in [0.2, 0.25) is 11.8 Å². The van der Waals surface area contributed by atoms with Gasteiger partial charge in [0.25, 0.3) is 0 Å². The molecule has 2 atom stereocenters. The second-order valence-corrected chi connectivity index (χ2v) is 16.8. The lowest BCUT2D eigenvalue weighted by Gasteiger charge is -2.30. The molecular formula is C36H57N2O6P. The predicted molar refractivity (Wildman–Crippen MR) is 182 cm³/mol. The maximum absolute atomic E-state index is 13.6. The summed E-state index contributed by atoms with van der Waals surface area (Å²) in [4.78, 5) is 37.4. The van der Waals surface area contributed by atoms with Crippen molar-refractivity contribution in [2.75, 3.05) is 19.8 Å². The van der Waals surface area contributed by atoms with Crippen molar-refractivity contribution in [3.63, 3.8) is 0 Å². The van der Waals surface area contributed by atoms with Crippen LogP contribution in [0.15, 0.2) is 48.5 Å². The normalized spacial score (nSPS) is 14.7. The average molecular weight is 645 g/mol. The molecule has 2 amide bonds. The lowest BCUT2D eigenvalue weighted by atomic mass is 9.82. The summed E-state index contributed by atoms with van der Waals surface area (Å²) in [7, 11) is -4.41. The molecule has 0 heterocycles. The first-order valence-corrected chi connectivity index (χ1v) is 17.5. The van der Waals surface area contributed by atoms with Crippen LogP contribution in [0.3, 0.4) is 0 Å². The quantitative estimate of drug-likeness (QED) is 0.168. The highest BCUT2D eigenvalue weighted by atomic mass is 31.2. The van der Waals surface area contributed by atoms with E-state index in [-0.39, 0.29) is 37.0 Å². The molecule has 2 rings (SSSR count). The van der Waals surface area contributed by atoms with Crippen LogP contribution in [0.1, 0.15) is 98.4 Å². The maximum Gasteiger partial charge on any atom is 0.472 e. The number of carbonyl (C=O) groups excluding carboxylic acids is 2. The van der Waals surface area contributed by atoms with Gasteiger partial charge in [-0.05, 0) is 80.0 Å². The summed E-state index contributed by atoms with van der Waals surface area (Å²) in [5.74, 6) is 0.510. The third-order valence-electron chi connectivity index (χ3n) is 7.72. The summed E-state index contributed by atoms with van der Waals surface area (Å²) in [5.41, 5.74) is 1.98. The van der Waals surface area contributed by atoms with Crippen LogP contribution in [-0.4, -0.2) is 42.5 Å². The molecule has 2 aromatic carbocycles. The fourth-order valence-corrected chi connectivity index (χ4v) is 5.76. The molecule has 9 heteroatoms. The van der Waals surface area contributed by atoms with Gasteiger partial charge in [0.1, 0.15) is 0 Å². The van der Waals surface area contributed by atoms with E-state index in [0.717, 1.165) is 24.0 Å². The summed E-state index contributed by atoms with van der Waals surface area (Å²) >= 11 is 0. The lowest BCUT2D eigenvalue weighted by Crippen LogP contribution is -2.53. The molecule has 0 aromatic heterocycles. The van der Waals surface area contributed by atoms with E-state index in [2.05, 4.69) is 50.5 Å². The first-order chi connectivity index (χ1) is 20.6. The Morgan fingerprint density at radius 3 is 1.56 bits per heavy atom. The molecule has 0 bridgehead atoms. The van der Waals surface area contributed by atoms with Crippen molar-refractivity contribution in [2.24, 2.45) is 17.3 Å². The maximum atomic E-state index is 13.6. The van der Waals surface area contributed by atoms with Crippen LogP contribution in [0, 0.1) is 17.3 Å². The van der Waals surface area contributed by atoms with Crippen LogP contribution in [0.5, 0.6) is 0 Å². The summed E-state index contributed by atoms with van der Waals surface area (Å²) in [6.07, 6.45) is 1.91. The molecule has 8 nitrogen and oxygen atoms in total. The van der Waals surface area contributed by atoms with Gasteiger partial charge in [0.05, 0.1) is 30.1 Å². The number of phosphoric ester groups is 1. The van der Waals surface area contributed by atoms with Crippen LogP contribution in [0.2, 0.25) is 0 Å². The zero-order valence-corrected chi connectivity index (χ0v) is 30.2. The molecule has 0 spiro atoms. The Bertz CT molecular complexity index is 1290. The zero-order valence-electron chi connectivity index (χ0n) is 29.3. The van der Waals surface area contributed by atoms with E-state index in [0.29, 0.717) is 11.8 Å². The number of benzene rings is 2.